The minimum absolute atomic E-state index is 0.0306. The number of carbonyl (C=O) groups excluding carboxylic acids is 2. The summed E-state index contributed by atoms with van der Waals surface area (Å²) in [4.78, 5) is 23.8. The summed E-state index contributed by atoms with van der Waals surface area (Å²) in [5.41, 5.74) is -0.216. The molecule has 0 heterocycles. The quantitative estimate of drug-likeness (QED) is 0.644. The molecule has 1 saturated carbocycles. The van der Waals surface area contributed by atoms with Crippen LogP contribution in [0.2, 0.25) is 0 Å². The van der Waals surface area contributed by atoms with Crippen LogP contribution < -0.4 is 16.0 Å². The Bertz CT molecular complexity index is 338. The van der Waals surface area contributed by atoms with Crippen LogP contribution in [0.4, 0.5) is 0 Å². The van der Waals surface area contributed by atoms with Gasteiger partial charge in [-0.1, -0.05) is 6.92 Å². The molecule has 0 bridgehead atoms. The van der Waals surface area contributed by atoms with E-state index >= 15 is 0 Å². The lowest BCUT2D eigenvalue weighted by Gasteiger charge is -2.27. The molecule has 3 N–H and O–H groups in total. The molecule has 1 fully saturated rings. The lowest BCUT2D eigenvalue weighted by molar-refractivity contribution is -0.126. The first kappa shape index (κ1) is 16.0. The van der Waals surface area contributed by atoms with Crippen molar-refractivity contribution in [3.63, 3.8) is 0 Å². The van der Waals surface area contributed by atoms with E-state index in [1.807, 2.05) is 20.8 Å². The molecule has 1 rings (SSSR count). The number of amides is 2. The second kappa shape index (κ2) is 6.37. The van der Waals surface area contributed by atoms with E-state index in [0.717, 1.165) is 19.3 Å². The molecule has 5 nitrogen and oxygen atoms in total. The summed E-state index contributed by atoms with van der Waals surface area (Å²) in [5.74, 6) is -0.102. The van der Waals surface area contributed by atoms with Gasteiger partial charge in [0.1, 0.15) is 0 Å². The third kappa shape index (κ3) is 5.59. The molecule has 1 aliphatic carbocycles. The van der Waals surface area contributed by atoms with Gasteiger partial charge in [0, 0.05) is 11.6 Å². The van der Waals surface area contributed by atoms with Crippen molar-refractivity contribution in [3.05, 3.63) is 0 Å². The van der Waals surface area contributed by atoms with Crippen molar-refractivity contribution in [2.45, 2.75) is 77.5 Å². The summed E-state index contributed by atoms with van der Waals surface area (Å²) in [6.45, 7) is 9.57. The van der Waals surface area contributed by atoms with Gasteiger partial charge in [-0.15, -0.1) is 0 Å². The molecule has 5 heteroatoms. The Kier molecular flexibility index (Phi) is 5.35. The standard InChI is InChI=1S/C14H27N3O2/c1-6-14(4,5)17-13(19)10(3)15-9(2)12(18)16-11-7-8-11/h9-11,15H,6-8H2,1-5H3,(H,16,18)(H,17,19). The molecular weight excluding hydrogens is 242 g/mol. The lowest BCUT2D eigenvalue weighted by atomic mass is 10.0. The minimum atomic E-state index is -0.384. The fourth-order valence-corrected chi connectivity index (χ4v) is 1.61. The van der Waals surface area contributed by atoms with Gasteiger partial charge < -0.3 is 10.6 Å². The highest BCUT2D eigenvalue weighted by Gasteiger charge is 2.28. The van der Waals surface area contributed by atoms with Gasteiger partial charge in [-0.2, -0.15) is 0 Å². The summed E-state index contributed by atoms with van der Waals surface area (Å²) in [6.07, 6.45) is 3.00. The zero-order valence-corrected chi connectivity index (χ0v) is 12.7. The van der Waals surface area contributed by atoms with E-state index in [1.165, 1.54) is 0 Å². The fraction of sp³-hybridized carbons (Fsp3) is 0.857. The monoisotopic (exact) mass is 269 g/mol. The number of rotatable bonds is 7. The highest BCUT2D eigenvalue weighted by atomic mass is 16.2. The summed E-state index contributed by atoms with van der Waals surface area (Å²) >= 11 is 0. The van der Waals surface area contributed by atoms with Gasteiger partial charge in [0.2, 0.25) is 11.8 Å². The van der Waals surface area contributed by atoms with Crippen molar-refractivity contribution in [2.24, 2.45) is 0 Å². The maximum absolute atomic E-state index is 12.0. The summed E-state index contributed by atoms with van der Waals surface area (Å²) in [5, 5.41) is 8.93. The van der Waals surface area contributed by atoms with Crippen LogP contribution in [0.3, 0.4) is 0 Å². The smallest absolute Gasteiger partial charge is 0.237 e. The average Bonchev–Trinajstić information content (AvgIpc) is 3.12. The summed E-state index contributed by atoms with van der Waals surface area (Å²) < 4.78 is 0. The van der Waals surface area contributed by atoms with Crippen LogP contribution in [0, 0.1) is 0 Å². The number of nitrogens with one attached hydrogen (secondary N) is 3. The summed E-state index contributed by atoms with van der Waals surface area (Å²) in [6, 6.07) is -0.392. The number of hydrogen-bond donors (Lipinski definition) is 3. The van der Waals surface area contributed by atoms with E-state index in [2.05, 4.69) is 16.0 Å². The average molecular weight is 269 g/mol. The number of hydrogen-bond acceptors (Lipinski definition) is 3. The van der Waals surface area contributed by atoms with Gasteiger partial charge in [-0.05, 0) is 47.0 Å². The van der Waals surface area contributed by atoms with Crippen molar-refractivity contribution < 1.29 is 9.59 Å². The molecule has 0 radical (unpaired) electrons. The molecule has 0 aromatic heterocycles. The van der Waals surface area contributed by atoms with E-state index in [-0.39, 0.29) is 29.4 Å². The molecule has 0 spiro atoms. The molecule has 1 aliphatic rings. The normalized spacial score (nSPS) is 18.6. The molecule has 2 atom stereocenters. The SMILES string of the molecule is CCC(C)(C)NC(=O)C(C)NC(C)C(=O)NC1CC1. The Morgan fingerprint density at radius 2 is 1.68 bits per heavy atom. The van der Waals surface area contributed by atoms with Crippen molar-refractivity contribution in [3.8, 4) is 0 Å². The Morgan fingerprint density at radius 3 is 2.16 bits per heavy atom. The molecule has 0 saturated heterocycles. The van der Waals surface area contributed by atoms with E-state index in [9.17, 15) is 9.59 Å². The Hall–Kier alpha value is -1.10. The fourth-order valence-electron chi connectivity index (χ4n) is 1.61. The van der Waals surface area contributed by atoms with Crippen LogP contribution >= 0.6 is 0 Å². The second-order valence-corrected chi connectivity index (χ2v) is 6.12. The van der Waals surface area contributed by atoms with Crippen molar-refractivity contribution in [2.75, 3.05) is 0 Å². The van der Waals surface area contributed by atoms with Gasteiger partial charge in [0.15, 0.2) is 0 Å². The molecular formula is C14H27N3O2. The molecule has 2 amide bonds. The maximum atomic E-state index is 12.0. The summed E-state index contributed by atoms with van der Waals surface area (Å²) in [7, 11) is 0. The maximum Gasteiger partial charge on any atom is 0.237 e. The highest BCUT2D eigenvalue weighted by Crippen LogP contribution is 2.18. The van der Waals surface area contributed by atoms with Crippen LogP contribution in [-0.2, 0) is 9.59 Å². The first-order chi connectivity index (χ1) is 8.75. The minimum Gasteiger partial charge on any atom is -0.352 e. The third-order valence-corrected chi connectivity index (χ3v) is 3.56. The van der Waals surface area contributed by atoms with E-state index in [4.69, 9.17) is 0 Å². The Labute approximate surface area is 115 Å². The molecule has 2 unspecified atom stereocenters. The van der Waals surface area contributed by atoms with Crippen molar-refractivity contribution in [1.82, 2.24) is 16.0 Å². The predicted octanol–water partition coefficient (Wildman–Crippen LogP) is 0.936. The zero-order chi connectivity index (χ0) is 14.6. The topological polar surface area (TPSA) is 70.2 Å². The largest absolute Gasteiger partial charge is 0.352 e. The van der Waals surface area contributed by atoms with Gasteiger partial charge >= 0.3 is 0 Å². The van der Waals surface area contributed by atoms with Crippen LogP contribution in [-0.4, -0.2) is 35.5 Å². The van der Waals surface area contributed by atoms with Crippen molar-refractivity contribution >= 4 is 11.8 Å². The second-order valence-electron chi connectivity index (χ2n) is 6.12. The van der Waals surface area contributed by atoms with Gasteiger partial charge in [-0.3, -0.25) is 14.9 Å². The lowest BCUT2D eigenvalue weighted by Crippen LogP contribution is -2.54. The van der Waals surface area contributed by atoms with Crippen LogP contribution in [0.5, 0.6) is 0 Å². The molecule has 19 heavy (non-hydrogen) atoms. The Balaban J connectivity index is 2.37. The van der Waals surface area contributed by atoms with Crippen LogP contribution in [0.1, 0.15) is 53.9 Å². The first-order valence-corrected chi connectivity index (χ1v) is 7.13. The Morgan fingerprint density at radius 1 is 1.16 bits per heavy atom. The van der Waals surface area contributed by atoms with E-state index < -0.39 is 0 Å². The first-order valence-electron chi connectivity index (χ1n) is 7.13. The van der Waals surface area contributed by atoms with Crippen molar-refractivity contribution in [1.29, 1.82) is 0 Å². The molecule has 0 aromatic carbocycles. The third-order valence-electron chi connectivity index (χ3n) is 3.56. The predicted molar refractivity (Wildman–Crippen MR) is 75.7 cm³/mol. The molecule has 0 aliphatic heterocycles. The van der Waals surface area contributed by atoms with Crippen LogP contribution in [0.15, 0.2) is 0 Å². The zero-order valence-electron chi connectivity index (χ0n) is 12.7. The molecule has 0 aromatic rings. The van der Waals surface area contributed by atoms with E-state index in [0.29, 0.717) is 6.04 Å². The van der Waals surface area contributed by atoms with Gasteiger partial charge in [-0.25, -0.2) is 0 Å². The highest BCUT2D eigenvalue weighted by molar-refractivity contribution is 5.85. The van der Waals surface area contributed by atoms with Crippen LogP contribution in [0.25, 0.3) is 0 Å². The van der Waals surface area contributed by atoms with E-state index in [1.54, 1.807) is 13.8 Å². The van der Waals surface area contributed by atoms with Gasteiger partial charge in [0.05, 0.1) is 12.1 Å². The molecule has 110 valence electrons. The number of carbonyl (C=O) groups is 2. The van der Waals surface area contributed by atoms with Gasteiger partial charge in [0.25, 0.3) is 0 Å².